The number of benzene rings is 2. The van der Waals surface area contributed by atoms with Gasteiger partial charge in [-0.05, 0) is 37.6 Å². The van der Waals surface area contributed by atoms with E-state index in [0.29, 0.717) is 17.1 Å². The number of carbonyl (C=O) groups excluding carboxylic acids is 2. The first-order valence-corrected chi connectivity index (χ1v) is 8.56. The monoisotopic (exact) mass is 366 g/mol. The minimum atomic E-state index is -0.434. The van der Waals surface area contributed by atoms with Crippen molar-refractivity contribution >= 4 is 18.0 Å². The van der Waals surface area contributed by atoms with Crippen molar-refractivity contribution in [1.82, 2.24) is 10.2 Å². The summed E-state index contributed by atoms with van der Waals surface area (Å²) in [4.78, 5) is 26.2. The third-order valence-corrected chi connectivity index (χ3v) is 4.53. The SMILES string of the molecule is COc1ccc(/C=C2/NC(=O)N(Cc3ccc(C)cc3)C2=O)c(OC)c1C. The Balaban J connectivity index is 1.88. The molecule has 1 saturated heterocycles. The smallest absolute Gasteiger partial charge is 0.329 e. The van der Waals surface area contributed by atoms with Crippen LogP contribution in [0.2, 0.25) is 0 Å². The molecule has 2 aromatic carbocycles. The van der Waals surface area contributed by atoms with Crippen LogP contribution in [-0.4, -0.2) is 31.1 Å². The molecule has 0 saturated carbocycles. The van der Waals surface area contributed by atoms with Gasteiger partial charge in [-0.15, -0.1) is 0 Å². The number of methoxy groups -OCH3 is 2. The molecule has 0 bridgehead atoms. The van der Waals surface area contributed by atoms with E-state index in [9.17, 15) is 9.59 Å². The van der Waals surface area contributed by atoms with E-state index in [1.165, 1.54) is 4.90 Å². The van der Waals surface area contributed by atoms with Gasteiger partial charge in [-0.3, -0.25) is 9.69 Å². The molecule has 0 atom stereocenters. The van der Waals surface area contributed by atoms with Crippen molar-refractivity contribution in [1.29, 1.82) is 0 Å². The number of hydrogen-bond acceptors (Lipinski definition) is 4. The summed E-state index contributed by atoms with van der Waals surface area (Å²) in [5.74, 6) is 0.925. The highest BCUT2D eigenvalue weighted by molar-refractivity contribution is 6.14. The third-order valence-electron chi connectivity index (χ3n) is 4.53. The summed E-state index contributed by atoms with van der Waals surface area (Å²) in [6, 6.07) is 10.9. The molecule has 3 rings (SSSR count). The molecule has 27 heavy (non-hydrogen) atoms. The van der Waals surface area contributed by atoms with E-state index in [-0.39, 0.29) is 18.1 Å². The lowest BCUT2D eigenvalue weighted by Gasteiger charge is -2.13. The third kappa shape index (κ3) is 3.65. The molecule has 1 fully saturated rings. The van der Waals surface area contributed by atoms with Crippen molar-refractivity contribution in [3.8, 4) is 11.5 Å². The number of ether oxygens (including phenoxy) is 2. The summed E-state index contributed by atoms with van der Waals surface area (Å²) in [5, 5.41) is 2.64. The maximum absolute atomic E-state index is 12.7. The quantitative estimate of drug-likeness (QED) is 0.650. The number of nitrogens with zero attached hydrogens (tertiary/aromatic N) is 1. The number of nitrogens with one attached hydrogen (secondary N) is 1. The Hall–Kier alpha value is -3.28. The van der Waals surface area contributed by atoms with Gasteiger partial charge in [0.15, 0.2) is 0 Å². The number of urea groups is 1. The van der Waals surface area contributed by atoms with Gasteiger partial charge in [0.1, 0.15) is 17.2 Å². The second-order valence-corrected chi connectivity index (χ2v) is 6.38. The van der Waals surface area contributed by atoms with Crippen molar-refractivity contribution in [3.63, 3.8) is 0 Å². The molecule has 6 nitrogen and oxygen atoms in total. The molecule has 1 aliphatic rings. The predicted octanol–water partition coefficient (Wildman–Crippen LogP) is 3.41. The van der Waals surface area contributed by atoms with Crippen LogP contribution >= 0.6 is 0 Å². The number of imide groups is 1. The summed E-state index contributed by atoms with van der Waals surface area (Å²) in [6.45, 7) is 4.09. The van der Waals surface area contributed by atoms with Crippen LogP contribution in [-0.2, 0) is 11.3 Å². The van der Waals surface area contributed by atoms with E-state index in [0.717, 1.165) is 16.7 Å². The molecule has 140 valence electrons. The van der Waals surface area contributed by atoms with Gasteiger partial charge in [0.05, 0.1) is 20.8 Å². The maximum Gasteiger partial charge on any atom is 0.329 e. The van der Waals surface area contributed by atoms with Crippen molar-refractivity contribution in [2.75, 3.05) is 14.2 Å². The van der Waals surface area contributed by atoms with Crippen molar-refractivity contribution in [2.24, 2.45) is 0 Å². The van der Waals surface area contributed by atoms with Crippen LogP contribution in [0.4, 0.5) is 4.79 Å². The second-order valence-electron chi connectivity index (χ2n) is 6.38. The number of rotatable bonds is 5. The van der Waals surface area contributed by atoms with Crippen LogP contribution in [0.3, 0.4) is 0 Å². The number of carbonyl (C=O) groups is 2. The standard InChI is InChI=1S/C21H22N2O4/c1-13-5-7-15(8-6-13)12-23-20(24)17(22-21(23)25)11-16-9-10-18(26-3)14(2)19(16)27-4/h5-11H,12H2,1-4H3,(H,22,25)/b17-11+. The summed E-state index contributed by atoms with van der Waals surface area (Å²) >= 11 is 0. The number of hydrogen-bond donors (Lipinski definition) is 1. The Bertz CT molecular complexity index is 917. The van der Waals surface area contributed by atoms with Crippen molar-refractivity contribution in [3.05, 3.63) is 64.3 Å². The molecule has 1 N–H and O–H groups in total. The summed E-state index contributed by atoms with van der Waals surface area (Å²) in [5.41, 5.74) is 3.75. The van der Waals surface area contributed by atoms with Gasteiger partial charge in [-0.25, -0.2) is 4.79 Å². The molecular formula is C21H22N2O4. The molecule has 0 spiro atoms. The van der Waals surface area contributed by atoms with Gasteiger partial charge in [-0.1, -0.05) is 29.8 Å². The molecule has 3 amide bonds. The van der Waals surface area contributed by atoms with E-state index >= 15 is 0 Å². The van der Waals surface area contributed by atoms with Gasteiger partial charge in [0.2, 0.25) is 0 Å². The lowest BCUT2D eigenvalue weighted by Crippen LogP contribution is -2.30. The largest absolute Gasteiger partial charge is 0.496 e. The maximum atomic E-state index is 12.7. The second kappa shape index (κ2) is 7.53. The lowest BCUT2D eigenvalue weighted by atomic mass is 10.1. The van der Waals surface area contributed by atoms with Crippen molar-refractivity contribution < 1.29 is 19.1 Å². The Labute approximate surface area is 158 Å². The van der Waals surface area contributed by atoms with Crippen molar-refractivity contribution in [2.45, 2.75) is 20.4 Å². The molecule has 0 unspecified atom stereocenters. The Morgan fingerprint density at radius 2 is 1.70 bits per heavy atom. The Morgan fingerprint density at radius 1 is 1.00 bits per heavy atom. The Morgan fingerprint density at radius 3 is 2.33 bits per heavy atom. The number of amides is 3. The predicted molar refractivity (Wildman–Crippen MR) is 103 cm³/mol. The average molecular weight is 366 g/mol. The summed E-state index contributed by atoms with van der Waals surface area (Å²) in [7, 11) is 3.14. The average Bonchev–Trinajstić information content (AvgIpc) is 2.91. The van der Waals surface area contributed by atoms with Crippen LogP contribution in [0.25, 0.3) is 6.08 Å². The number of aryl methyl sites for hydroxylation is 1. The van der Waals surface area contributed by atoms with E-state index in [1.54, 1.807) is 32.4 Å². The zero-order chi connectivity index (χ0) is 19.6. The van der Waals surface area contributed by atoms with Crippen LogP contribution in [0, 0.1) is 13.8 Å². The highest BCUT2D eigenvalue weighted by Crippen LogP contribution is 2.33. The summed E-state index contributed by atoms with van der Waals surface area (Å²) in [6.07, 6.45) is 1.63. The van der Waals surface area contributed by atoms with Gasteiger partial charge >= 0.3 is 6.03 Å². The fourth-order valence-corrected chi connectivity index (χ4v) is 3.05. The normalized spacial score (nSPS) is 15.3. The first-order chi connectivity index (χ1) is 12.9. The zero-order valence-electron chi connectivity index (χ0n) is 15.8. The van der Waals surface area contributed by atoms with Gasteiger partial charge < -0.3 is 14.8 Å². The molecule has 1 heterocycles. The highest BCUT2D eigenvalue weighted by atomic mass is 16.5. The lowest BCUT2D eigenvalue weighted by molar-refractivity contribution is -0.123. The minimum Gasteiger partial charge on any atom is -0.496 e. The molecule has 0 radical (unpaired) electrons. The zero-order valence-corrected chi connectivity index (χ0v) is 15.8. The van der Waals surface area contributed by atoms with E-state index in [2.05, 4.69) is 5.32 Å². The van der Waals surface area contributed by atoms with Crippen LogP contribution in [0.15, 0.2) is 42.1 Å². The van der Waals surface area contributed by atoms with Crippen LogP contribution in [0.5, 0.6) is 11.5 Å². The topological polar surface area (TPSA) is 67.9 Å². The van der Waals surface area contributed by atoms with Gasteiger partial charge in [0.25, 0.3) is 5.91 Å². The fraction of sp³-hybridized carbons (Fsp3) is 0.238. The van der Waals surface area contributed by atoms with E-state index < -0.39 is 6.03 Å². The van der Waals surface area contributed by atoms with E-state index in [1.807, 2.05) is 38.1 Å². The van der Waals surface area contributed by atoms with E-state index in [4.69, 9.17) is 9.47 Å². The summed E-state index contributed by atoms with van der Waals surface area (Å²) < 4.78 is 10.8. The molecule has 1 aliphatic heterocycles. The van der Waals surface area contributed by atoms with Crippen LogP contribution < -0.4 is 14.8 Å². The van der Waals surface area contributed by atoms with Gasteiger partial charge in [0, 0.05) is 11.1 Å². The molecule has 2 aromatic rings. The highest BCUT2D eigenvalue weighted by Gasteiger charge is 2.33. The first-order valence-electron chi connectivity index (χ1n) is 8.56. The van der Waals surface area contributed by atoms with Gasteiger partial charge in [-0.2, -0.15) is 0 Å². The molecular weight excluding hydrogens is 344 g/mol. The van der Waals surface area contributed by atoms with Crippen LogP contribution in [0.1, 0.15) is 22.3 Å². The fourth-order valence-electron chi connectivity index (χ4n) is 3.05. The molecule has 6 heteroatoms. The Kier molecular flexibility index (Phi) is 5.16. The molecule has 0 aliphatic carbocycles. The molecule has 0 aromatic heterocycles. The minimum absolute atomic E-state index is 0.218. The first kappa shape index (κ1) is 18.5.